The van der Waals surface area contributed by atoms with Gasteiger partial charge < -0.3 is 0 Å². The Morgan fingerprint density at radius 1 is 1.00 bits per heavy atom. The molecule has 0 unspecified atom stereocenters. The lowest BCUT2D eigenvalue weighted by molar-refractivity contribution is -0.140. The molecule has 0 fully saturated rings. The van der Waals surface area contributed by atoms with E-state index in [4.69, 9.17) is 23.2 Å². The van der Waals surface area contributed by atoms with E-state index in [1.54, 1.807) is 10.2 Å². The van der Waals surface area contributed by atoms with E-state index >= 15 is 0 Å². The summed E-state index contributed by atoms with van der Waals surface area (Å²) in [4.78, 5) is 11.2. The molecule has 0 spiro atoms. The number of H-pyrrole nitrogens is 2. The summed E-state index contributed by atoms with van der Waals surface area (Å²) >= 11 is 11.4. The third-order valence-corrected chi connectivity index (χ3v) is 2.59. The van der Waals surface area contributed by atoms with Gasteiger partial charge in [-0.1, -0.05) is 23.2 Å². The van der Waals surface area contributed by atoms with Crippen LogP contribution in [0.5, 0.6) is 0 Å². The predicted octanol–water partition coefficient (Wildman–Crippen LogP) is 4.44. The molecule has 0 saturated carbocycles. The summed E-state index contributed by atoms with van der Waals surface area (Å²) < 4.78 is 37.7. The van der Waals surface area contributed by atoms with Gasteiger partial charge in [0.05, 0.1) is 5.69 Å². The Balaban J connectivity index is 2.42. The quantitative estimate of drug-likeness (QED) is 0.787. The lowest BCUT2D eigenvalue weighted by Crippen LogP contribution is -2.06. The number of benzene rings is 1. The average Bonchev–Trinajstić information content (AvgIpc) is 2.66. The van der Waals surface area contributed by atoms with Crippen molar-refractivity contribution in [2.75, 3.05) is 0 Å². The molecule has 0 saturated heterocycles. The first-order chi connectivity index (χ1) is 9.27. The molecular formula is C10H5Cl2F3N4O. The van der Waals surface area contributed by atoms with Crippen LogP contribution in [-0.2, 0) is 6.18 Å². The van der Waals surface area contributed by atoms with E-state index in [1.165, 1.54) is 18.2 Å². The second-order valence-electron chi connectivity index (χ2n) is 3.63. The van der Waals surface area contributed by atoms with Crippen molar-refractivity contribution >= 4 is 34.6 Å². The highest BCUT2D eigenvalue weighted by Gasteiger charge is 2.37. The third kappa shape index (κ3) is 3.20. The number of aromatic nitrogens is 2. The molecule has 0 atom stereocenters. The van der Waals surface area contributed by atoms with Crippen molar-refractivity contribution in [3.8, 4) is 0 Å². The highest BCUT2D eigenvalue weighted by Crippen LogP contribution is 2.33. The summed E-state index contributed by atoms with van der Waals surface area (Å²) in [5.74, 6) is 0. The zero-order valence-corrected chi connectivity index (χ0v) is 10.9. The molecular weight excluding hydrogens is 320 g/mol. The minimum Gasteiger partial charge on any atom is -0.292 e. The number of nitrogens with zero attached hydrogens (tertiary/aromatic N) is 2. The standard InChI is InChI=1S/C10H5Cl2F3N4O/c11-4-1-5(12)3-6(2-4)16-17-7-8(10(13,14)15)18-19-9(7)20/h1-3H,(H2,18,19,20). The lowest BCUT2D eigenvalue weighted by Gasteiger charge is -2.02. The molecule has 5 nitrogen and oxygen atoms in total. The number of hydrogen-bond acceptors (Lipinski definition) is 3. The van der Waals surface area contributed by atoms with Gasteiger partial charge >= 0.3 is 6.18 Å². The number of nitrogens with one attached hydrogen (secondary N) is 2. The summed E-state index contributed by atoms with van der Waals surface area (Å²) in [6, 6.07) is 4.10. The topological polar surface area (TPSA) is 73.4 Å². The molecule has 2 aromatic rings. The Kier molecular flexibility index (Phi) is 3.87. The Labute approximate surface area is 119 Å². The minimum atomic E-state index is -4.75. The third-order valence-electron chi connectivity index (χ3n) is 2.15. The van der Waals surface area contributed by atoms with Gasteiger partial charge in [-0.25, -0.2) is 0 Å². The molecule has 0 bridgehead atoms. The van der Waals surface area contributed by atoms with Crippen molar-refractivity contribution < 1.29 is 13.2 Å². The molecule has 1 aromatic heterocycles. The van der Waals surface area contributed by atoms with Gasteiger partial charge in [-0.2, -0.15) is 18.3 Å². The molecule has 106 valence electrons. The van der Waals surface area contributed by atoms with Gasteiger partial charge in [0.15, 0.2) is 11.4 Å². The maximum Gasteiger partial charge on any atom is 0.435 e. The lowest BCUT2D eigenvalue weighted by atomic mass is 10.3. The van der Waals surface area contributed by atoms with Crippen molar-refractivity contribution in [3.63, 3.8) is 0 Å². The maximum absolute atomic E-state index is 12.6. The van der Waals surface area contributed by atoms with Crippen LogP contribution in [0, 0.1) is 0 Å². The van der Waals surface area contributed by atoms with Gasteiger partial charge in [0.1, 0.15) is 0 Å². The van der Waals surface area contributed by atoms with Crippen LogP contribution >= 0.6 is 23.2 Å². The fraction of sp³-hybridized carbons (Fsp3) is 0.100. The SMILES string of the molecule is O=c1[nH][nH]c(C(F)(F)F)c1N=Nc1cc(Cl)cc(Cl)c1. The van der Waals surface area contributed by atoms with Crippen molar-refractivity contribution in [2.24, 2.45) is 10.2 Å². The Hall–Kier alpha value is -1.80. The van der Waals surface area contributed by atoms with Crippen molar-refractivity contribution in [1.29, 1.82) is 0 Å². The van der Waals surface area contributed by atoms with E-state index < -0.39 is 23.1 Å². The summed E-state index contributed by atoms with van der Waals surface area (Å²) in [5.41, 5.74) is -3.08. The maximum atomic E-state index is 12.6. The van der Waals surface area contributed by atoms with Gasteiger partial charge in [0.25, 0.3) is 5.56 Å². The van der Waals surface area contributed by atoms with Crippen LogP contribution < -0.4 is 5.56 Å². The van der Waals surface area contributed by atoms with Crippen LogP contribution in [0.1, 0.15) is 5.69 Å². The Morgan fingerprint density at radius 3 is 2.15 bits per heavy atom. The molecule has 1 aromatic carbocycles. The van der Waals surface area contributed by atoms with Crippen LogP contribution in [0.4, 0.5) is 24.5 Å². The molecule has 0 amide bonds. The van der Waals surface area contributed by atoms with E-state index in [0.717, 1.165) is 0 Å². The van der Waals surface area contributed by atoms with Crippen LogP contribution in [0.25, 0.3) is 0 Å². The first-order valence-electron chi connectivity index (χ1n) is 5.03. The first kappa shape index (κ1) is 14.6. The van der Waals surface area contributed by atoms with Crippen LogP contribution in [-0.4, -0.2) is 10.2 Å². The molecule has 2 N–H and O–H groups in total. The summed E-state index contributed by atoms with van der Waals surface area (Å²) in [6.45, 7) is 0. The molecule has 10 heteroatoms. The van der Waals surface area contributed by atoms with Crippen molar-refractivity contribution in [2.45, 2.75) is 6.18 Å². The van der Waals surface area contributed by atoms with Crippen LogP contribution in [0.2, 0.25) is 10.0 Å². The first-order valence-corrected chi connectivity index (χ1v) is 5.78. The molecule has 2 rings (SSSR count). The zero-order valence-electron chi connectivity index (χ0n) is 9.42. The molecule has 0 radical (unpaired) electrons. The average molecular weight is 325 g/mol. The van der Waals surface area contributed by atoms with E-state index in [0.29, 0.717) is 0 Å². The van der Waals surface area contributed by atoms with E-state index in [2.05, 4.69) is 10.2 Å². The predicted molar refractivity (Wildman–Crippen MR) is 67.1 cm³/mol. The van der Waals surface area contributed by atoms with Gasteiger partial charge in [0.2, 0.25) is 0 Å². The minimum absolute atomic E-state index is 0.122. The number of alkyl halides is 3. The number of rotatable bonds is 2. The fourth-order valence-corrected chi connectivity index (χ4v) is 1.87. The highest BCUT2D eigenvalue weighted by atomic mass is 35.5. The van der Waals surface area contributed by atoms with E-state index in [9.17, 15) is 18.0 Å². The van der Waals surface area contributed by atoms with Gasteiger partial charge in [-0.3, -0.25) is 15.0 Å². The number of hydrogen-bond donors (Lipinski definition) is 2. The fourth-order valence-electron chi connectivity index (χ4n) is 1.36. The smallest absolute Gasteiger partial charge is 0.292 e. The summed E-state index contributed by atoms with van der Waals surface area (Å²) in [5, 5.41) is 10.8. The second kappa shape index (κ2) is 5.29. The number of halogens is 5. The second-order valence-corrected chi connectivity index (χ2v) is 4.50. The van der Waals surface area contributed by atoms with Crippen LogP contribution in [0.15, 0.2) is 33.2 Å². The summed E-state index contributed by atoms with van der Waals surface area (Å²) in [6.07, 6.45) is -4.75. The van der Waals surface area contributed by atoms with Crippen molar-refractivity contribution in [3.05, 3.63) is 44.3 Å². The van der Waals surface area contributed by atoms with Gasteiger partial charge in [0, 0.05) is 10.0 Å². The number of aromatic amines is 2. The molecule has 1 heterocycles. The molecule has 0 aliphatic rings. The van der Waals surface area contributed by atoms with Crippen molar-refractivity contribution in [1.82, 2.24) is 10.2 Å². The van der Waals surface area contributed by atoms with Gasteiger partial charge in [-0.15, -0.1) is 5.11 Å². The largest absolute Gasteiger partial charge is 0.435 e. The zero-order chi connectivity index (χ0) is 14.9. The normalized spacial score (nSPS) is 12.2. The summed E-state index contributed by atoms with van der Waals surface area (Å²) in [7, 11) is 0. The monoisotopic (exact) mass is 324 g/mol. The highest BCUT2D eigenvalue weighted by molar-refractivity contribution is 6.35. The van der Waals surface area contributed by atoms with E-state index in [-0.39, 0.29) is 15.7 Å². The Bertz CT molecular complexity index is 700. The Morgan fingerprint density at radius 2 is 1.60 bits per heavy atom. The molecule has 0 aliphatic heterocycles. The molecule has 0 aliphatic carbocycles. The van der Waals surface area contributed by atoms with Gasteiger partial charge in [-0.05, 0) is 18.2 Å². The number of azo groups is 1. The van der Waals surface area contributed by atoms with E-state index in [1.807, 2.05) is 0 Å². The van der Waals surface area contributed by atoms with Crippen LogP contribution in [0.3, 0.4) is 0 Å². The molecule has 20 heavy (non-hydrogen) atoms.